The minimum atomic E-state index is -0.703. The highest BCUT2D eigenvalue weighted by molar-refractivity contribution is 5.74. The monoisotopic (exact) mass is 186 g/mol. The molecule has 1 heterocycles. The Hall–Kier alpha value is -0.900. The molecule has 0 bridgehead atoms. The molecular formula is C9H14O4. The maximum atomic E-state index is 11.1. The molecule has 1 aliphatic rings. The van der Waals surface area contributed by atoms with E-state index in [-0.39, 0.29) is 12.3 Å². The Morgan fingerprint density at radius 1 is 1.54 bits per heavy atom. The Morgan fingerprint density at radius 3 is 2.69 bits per heavy atom. The quantitative estimate of drug-likeness (QED) is 0.492. The van der Waals surface area contributed by atoms with Crippen LogP contribution < -0.4 is 0 Å². The molecule has 1 N–H and O–H groups in total. The van der Waals surface area contributed by atoms with Crippen molar-refractivity contribution in [3.8, 4) is 0 Å². The minimum Gasteiger partial charge on any atom is -0.461 e. The van der Waals surface area contributed by atoms with Crippen molar-refractivity contribution < 1.29 is 19.4 Å². The summed E-state index contributed by atoms with van der Waals surface area (Å²) in [4.78, 5) is 21.4. The fraction of sp³-hybridized carbons (Fsp3) is 0.778. The number of ether oxygens (including phenoxy) is 1. The van der Waals surface area contributed by atoms with E-state index in [2.05, 4.69) is 0 Å². The van der Waals surface area contributed by atoms with Gasteiger partial charge in [0.25, 0.3) is 0 Å². The van der Waals surface area contributed by atoms with E-state index < -0.39 is 24.1 Å². The van der Waals surface area contributed by atoms with Crippen molar-refractivity contribution in [3.63, 3.8) is 0 Å². The van der Waals surface area contributed by atoms with Gasteiger partial charge in [-0.05, 0) is 6.92 Å². The standard InChI is InChI=1S/C9H14O4/c1-5-7(3-4-10)13-9(12)6(2)8(5)11/h4-8,11H,3H2,1-2H3/t5-,6+,7-,8-/m0/s1. The van der Waals surface area contributed by atoms with Crippen molar-refractivity contribution in [1.82, 2.24) is 0 Å². The fourth-order valence-corrected chi connectivity index (χ4v) is 1.54. The number of hydrogen-bond acceptors (Lipinski definition) is 4. The summed E-state index contributed by atoms with van der Waals surface area (Å²) in [7, 11) is 0. The lowest BCUT2D eigenvalue weighted by Gasteiger charge is -2.35. The molecule has 1 aliphatic heterocycles. The second-order valence-corrected chi connectivity index (χ2v) is 3.52. The van der Waals surface area contributed by atoms with Gasteiger partial charge in [0.05, 0.1) is 12.0 Å². The van der Waals surface area contributed by atoms with Crippen LogP contribution in [0, 0.1) is 11.8 Å². The number of rotatable bonds is 2. The van der Waals surface area contributed by atoms with Crippen LogP contribution in [-0.2, 0) is 14.3 Å². The highest BCUT2D eigenvalue weighted by atomic mass is 16.5. The van der Waals surface area contributed by atoms with Crippen LogP contribution in [0.25, 0.3) is 0 Å². The van der Waals surface area contributed by atoms with Crippen LogP contribution in [0.15, 0.2) is 0 Å². The predicted octanol–water partition coefficient (Wildman–Crippen LogP) is 0.134. The molecular weight excluding hydrogens is 172 g/mol. The number of carbonyl (C=O) groups is 2. The van der Waals surface area contributed by atoms with E-state index in [1.807, 2.05) is 0 Å². The van der Waals surface area contributed by atoms with Crippen LogP contribution in [0.5, 0.6) is 0 Å². The molecule has 0 saturated carbocycles. The third-order valence-electron chi connectivity index (χ3n) is 2.61. The Balaban J connectivity index is 2.69. The molecule has 4 atom stereocenters. The Bertz CT molecular complexity index is 214. The summed E-state index contributed by atoms with van der Waals surface area (Å²) in [6.45, 7) is 3.41. The second-order valence-electron chi connectivity index (χ2n) is 3.52. The zero-order valence-electron chi connectivity index (χ0n) is 7.77. The highest BCUT2D eigenvalue weighted by Crippen LogP contribution is 2.27. The topological polar surface area (TPSA) is 63.6 Å². The number of cyclic esters (lactones) is 1. The van der Waals surface area contributed by atoms with E-state index >= 15 is 0 Å². The number of aliphatic hydroxyl groups excluding tert-OH is 1. The molecule has 0 unspecified atom stereocenters. The lowest BCUT2D eigenvalue weighted by atomic mass is 9.85. The van der Waals surface area contributed by atoms with Crippen LogP contribution in [0.4, 0.5) is 0 Å². The first-order valence-corrected chi connectivity index (χ1v) is 4.40. The maximum Gasteiger partial charge on any atom is 0.311 e. The molecule has 0 aromatic rings. The molecule has 0 radical (unpaired) electrons. The van der Waals surface area contributed by atoms with E-state index in [0.717, 1.165) is 0 Å². The number of aldehydes is 1. The first kappa shape index (κ1) is 10.2. The van der Waals surface area contributed by atoms with Crippen LogP contribution in [0.2, 0.25) is 0 Å². The smallest absolute Gasteiger partial charge is 0.311 e. The van der Waals surface area contributed by atoms with Crippen molar-refractivity contribution in [1.29, 1.82) is 0 Å². The normalized spacial score (nSPS) is 39.8. The summed E-state index contributed by atoms with van der Waals surface area (Å²) >= 11 is 0. The molecule has 0 amide bonds. The maximum absolute atomic E-state index is 11.1. The molecule has 0 aromatic heterocycles. The van der Waals surface area contributed by atoms with Crippen LogP contribution in [0.3, 0.4) is 0 Å². The molecule has 4 heteroatoms. The van der Waals surface area contributed by atoms with Gasteiger partial charge >= 0.3 is 5.97 Å². The van der Waals surface area contributed by atoms with Crippen molar-refractivity contribution in [3.05, 3.63) is 0 Å². The largest absolute Gasteiger partial charge is 0.461 e. The van der Waals surface area contributed by atoms with Crippen molar-refractivity contribution in [2.24, 2.45) is 11.8 Å². The summed E-state index contributed by atoms with van der Waals surface area (Å²) in [6.07, 6.45) is -0.296. The van der Waals surface area contributed by atoms with Crippen molar-refractivity contribution in [2.75, 3.05) is 0 Å². The van der Waals surface area contributed by atoms with Gasteiger partial charge in [-0.15, -0.1) is 0 Å². The van der Waals surface area contributed by atoms with Gasteiger partial charge in [-0.2, -0.15) is 0 Å². The summed E-state index contributed by atoms with van der Waals surface area (Å²) in [5.74, 6) is -1.08. The average molecular weight is 186 g/mol. The second kappa shape index (κ2) is 3.87. The molecule has 1 saturated heterocycles. The van der Waals surface area contributed by atoms with Gasteiger partial charge in [0.15, 0.2) is 0 Å². The van der Waals surface area contributed by atoms with Crippen LogP contribution >= 0.6 is 0 Å². The molecule has 13 heavy (non-hydrogen) atoms. The third-order valence-corrected chi connectivity index (χ3v) is 2.61. The molecule has 1 rings (SSSR count). The van der Waals surface area contributed by atoms with E-state index in [4.69, 9.17) is 4.74 Å². The van der Waals surface area contributed by atoms with Gasteiger partial charge in [0, 0.05) is 12.3 Å². The Kier molecular flexibility index (Phi) is 3.03. The van der Waals surface area contributed by atoms with Crippen LogP contribution in [0.1, 0.15) is 20.3 Å². The number of carbonyl (C=O) groups excluding carboxylic acids is 2. The van der Waals surface area contributed by atoms with E-state index in [9.17, 15) is 14.7 Å². The summed E-state index contributed by atoms with van der Waals surface area (Å²) in [5.41, 5.74) is 0. The molecule has 0 spiro atoms. The number of esters is 1. The lowest BCUT2D eigenvalue weighted by molar-refractivity contribution is -0.177. The summed E-state index contributed by atoms with van der Waals surface area (Å²) in [5, 5.41) is 9.60. The van der Waals surface area contributed by atoms with Gasteiger partial charge < -0.3 is 14.6 Å². The molecule has 4 nitrogen and oxygen atoms in total. The van der Waals surface area contributed by atoms with E-state index in [1.165, 1.54) is 0 Å². The zero-order valence-corrected chi connectivity index (χ0v) is 7.77. The van der Waals surface area contributed by atoms with E-state index in [0.29, 0.717) is 6.29 Å². The van der Waals surface area contributed by atoms with E-state index in [1.54, 1.807) is 13.8 Å². The predicted molar refractivity (Wildman–Crippen MR) is 44.9 cm³/mol. The van der Waals surface area contributed by atoms with Gasteiger partial charge in [0.2, 0.25) is 0 Å². The molecule has 74 valence electrons. The molecule has 1 fully saturated rings. The molecule has 0 aliphatic carbocycles. The Labute approximate surface area is 76.9 Å². The first-order chi connectivity index (χ1) is 6.07. The first-order valence-electron chi connectivity index (χ1n) is 4.40. The van der Waals surface area contributed by atoms with Crippen molar-refractivity contribution >= 4 is 12.3 Å². The van der Waals surface area contributed by atoms with Crippen molar-refractivity contribution in [2.45, 2.75) is 32.5 Å². The third kappa shape index (κ3) is 1.88. The Morgan fingerprint density at radius 2 is 2.15 bits per heavy atom. The number of aliphatic hydroxyl groups is 1. The summed E-state index contributed by atoms with van der Waals surface area (Å²) < 4.78 is 4.99. The summed E-state index contributed by atoms with van der Waals surface area (Å²) in [6, 6.07) is 0. The zero-order chi connectivity index (χ0) is 10.0. The van der Waals surface area contributed by atoms with Gasteiger partial charge in [-0.25, -0.2) is 0 Å². The van der Waals surface area contributed by atoms with Crippen LogP contribution in [-0.4, -0.2) is 29.6 Å². The lowest BCUT2D eigenvalue weighted by Crippen LogP contribution is -2.46. The highest BCUT2D eigenvalue weighted by Gasteiger charge is 2.39. The van der Waals surface area contributed by atoms with Gasteiger partial charge in [0.1, 0.15) is 12.4 Å². The van der Waals surface area contributed by atoms with Gasteiger partial charge in [-0.3, -0.25) is 4.79 Å². The van der Waals surface area contributed by atoms with Gasteiger partial charge in [-0.1, -0.05) is 6.92 Å². The molecule has 0 aromatic carbocycles. The SMILES string of the molecule is C[C@@H]1[C@H](O)[C@@H](C)C(=O)O[C@H]1CC=O. The minimum absolute atomic E-state index is 0.163. The fourth-order valence-electron chi connectivity index (χ4n) is 1.54. The number of hydrogen-bond donors (Lipinski definition) is 1. The average Bonchev–Trinajstić information content (AvgIpc) is 2.11.